The largest absolute Gasteiger partial charge is 0.377 e. The molecule has 2 aromatic rings. The molecular formula is C17H24N2O. The lowest BCUT2D eigenvalue weighted by molar-refractivity contribution is 0.0733. The molecule has 108 valence electrons. The van der Waals surface area contributed by atoms with Gasteiger partial charge in [0.1, 0.15) is 0 Å². The molecule has 0 aliphatic heterocycles. The molecule has 1 aliphatic rings. The maximum absolute atomic E-state index is 5.68. The maximum atomic E-state index is 5.68. The Balaban J connectivity index is 1.75. The lowest BCUT2D eigenvalue weighted by Gasteiger charge is -2.09. The monoisotopic (exact) mass is 272 g/mol. The van der Waals surface area contributed by atoms with E-state index in [2.05, 4.69) is 54.2 Å². The quantitative estimate of drug-likeness (QED) is 0.837. The number of aromatic nitrogens is 1. The van der Waals surface area contributed by atoms with Gasteiger partial charge in [0.15, 0.2) is 0 Å². The minimum Gasteiger partial charge on any atom is -0.377 e. The smallest absolute Gasteiger partial charge is 0.0649 e. The number of nitrogens with one attached hydrogen (secondary N) is 1. The summed E-state index contributed by atoms with van der Waals surface area (Å²) in [6.07, 6.45) is 5.25. The second kappa shape index (κ2) is 5.98. The fourth-order valence-corrected chi connectivity index (χ4v) is 2.58. The molecule has 1 aromatic heterocycles. The van der Waals surface area contributed by atoms with E-state index >= 15 is 0 Å². The van der Waals surface area contributed by atoms with Gasteiger partial charge >= 0.3 is 0 Å². The fourth-order valence-electron chi connectivity index (χ4n) is 2.58. The number of ether oxygens (including phenoxy) is 1. The van der Waals surface area contributed by atoms with E-state index < -0.39 is 0 Å². The standard InChI is InChI=1S/C17H24N2O/c1-13(2)20-10-9-19-12-14(11-18-15-7-8-15)16-5-3-4-6-17(16)19/h3-6,12-13,15,18H,7-11H2,1-2H3. The Morgan fingerprint density at radius 1 is 1.30 bits per heavy atom. The summed E-state index contributed by atoms with van der Waals surface area (Å²) in [7, 11) is 0. The Labute approximate surface area is 120 Å². The zero-order chi connectivity index (χ0) is 13.9. The minimum absolute atomic E-state index is 0.299. The first-order valence-corrected chi connectivity index (χ1v) is 7.66. The summed E-state index contributed by atoms with van der Waals surface area (Å²) in [6.45, 7) is 6.83. The fraction of sp³-hybridized carbons (Fsp3) is 0.529. The predicted octanol–water partition coefficient (Wildman–Crippen LogP) is 3.32. The van der Waals surface area contributed by atoms with Crippen LogP contribution in [0.2, 0.25) is 0 Å². The highest BCUT2D eigenvalue weighted by atomic mass is 16.5. The summed E-state index contributed by atoms with van der Waals surface area (Å²) < 4.78 is 8.00. The predicted molar refractivity (Wildman–Crippen MR) is 82.9 cm³/mol. The molecule has 0 spiro atoms. The van der Waals surface area contributed by atoms with Crippen molar-refractivity contribution in [2.45, 2.75) is 51.9 Å². The van der Waals surface area contributed by atoms with Crippen LogP contribution >= 0.6 is 0 Å². The van der Waals surface area contributed by atoms with Gasteiger partial charge in [-0.15, -0.1) is 0 Å². The van der Waals surface area contributed by atoms with Crippen molar-refractivity contribution >= 4 is 10.9 Å². The van der Waals surface area contributed by atoms with Crippen molar-refractivity contribution in [1.29, 1.82) is 0 Å². The molecule has 3 rings (SSSR count). The van der Waals surface area contributed by atoms with Gasteiger partial charge in [-0.3, -0.25) is 0 Å². The van der Waals surface area contributed by atoms with Gasteiger partial charge in [0, 0.05) is 36.2 Å². The number of benzene rings is 1. The molecule has 1 N–H and O–H groups in total. The molecule has 0 saturated heterocycles. The van der Waals surface area contributed by atoms with E-state index in [-0.39, 0.29) is 0 Å². The van der Waals surface area contributed by atoms with Gasteiger partial charge in [0.05, 0.1) is 12.7 Å². The number of para-hydroxylation sites is 1. The van der Waals surface area contributed by atoms with Crippen molar-refractivity contribution in [2.75, 3.05) is 6.61 Å². The van der Waals surface area contributed by atoms with Crippen LogP contribution in [-0.4, -0.2) is 23.3 Å². The topological polar surface area (TPSA) is 26.2 Å². The molecule has 3 nitrogen and oxygen atoms in total. The van der Waals surface area contributed by atoms with E-state index in [1.807, 2.05) is 0 Å². The average Bonchev–Trinajstić information content (AvgIpc) is 3.20. The molecule has 1 fully saturated rings. The van der Waals surface area contributed by atoms with E-state index in [0.717, 1.165) is 25.7 Å². The number of fused-ring (bicyclic) bond motifs is 1. The highest BCUT2D eigenvalue weighted by molar-refractivity contribution is 5.83. The Hall–Kier alpha value is -1.32. The normalized spacial score (nSPS) is 15.3. The highest BCUT2D eigenvalue weighted by Crippen LogP contribution is 2.24. The SMILES string of the molecule is CC(C)OCCn1cc(CNC2CC2)c2ccccc21. The molecular weight excluding hydrogens is 248 g/mol. The van der Waals surface area contributed by atoms with Crippen molar-refractivity contribution in [3.63, 3.8) is 0 Å². The first-order valence-electron chi connectivity index (χ1n) is 7.66. The van der Waals surface area contributed by atoms with Crippen LogP contribution in [0.4, 0.5) is 0 Å². The summed E-state index contributed by atoms with van der Waals surface area (Å²) in [5.41, 5.74) is 2.71. The molecule has 0 amide bonds. The van der Waals surface area contributed by atoms with Gasteiger partial charge in [-0.25, -0.2) is 0 Å². The van der Waals surface area contributed by atoms with Crippen LogP contribution < -0.4 is 5.32 Å². The summed E-state index contributed by atoms with van der Waals surface area (Å²) in [6, 6.07) is 9.41. The summed E-state index contributed by atoms with van der Waals surface area (Å²) in [5, 5.41) is 4.97. The van der Waals surface area contributed by atoms with Gasteiger partial charge in [0.2, 0.25) is 0 Å². The van der Waals surface area contributed by atoms with Gasteiger partial charge in [0.25, 0.3) is 0 Å². The third kappa shape index (κ3) is 3.22. The third-order valence-electron chi connectivity index (χ3n) is 3.81. The Kier molecular flexibility index (Phi) is 4.08. The van der Waals surface area contributed by atoms with Gasteiger partial charge in [-0.2, -0.15) is 0 Å². The maximum Gasteiger partial charge on any atom is 0.0649 e. The molecule has 1 heterocycles. The minimum atomic E-state index is 0.299. The van der Waals surface area contributed by atoms with E-state index in [1.165, 1.54) is 29.3 Å². The highest BCUT2D eigenvalue weighted by Gasteiger charge is 2.20. The molecule has 1 saturated carbocycles. The van der Waals surface area contributed by atoms with E-state index in [0.29, 0.717) is 6.10 Å². The molecule has 0 bridgehead atoms. The number of rotatable bonds is 7. The Morgan fingerprint density at radius 3 is 2.85 bits per heavy atom. The number of hydrogen-bond acceptors (Lipinski definition) is 2. The van der Waals surface area contributed by atoms with Crippen molar-refractivity contribution < 1.29 is 4.74 Å². The van der Waals surface area contributed by atoms with Crippen LogP contribution in [0.25, 0.3) is 10.9 Å². The molecule has 1 aliphatic carbocycles. The Bertz CT molecular complexity index is 569. The van der Waals surface area contributed by atoms with Gasteiger partial charge in [-0.1, -0.05) is 18.2 Å². The van der Waals surface area contributed by atoms with E-state index in [1.54, 1.807) is 0 Å². The van der Waals surface area contributed by atoms with Crippen molar-refractivity contribution in [3.8, 4) is 0 Å². The van der Waals surface area contributed by atoms with Crippen molar-refractivity contribution in [1.82, 2.24) is 9.88 Å². The van der Waals surface area contributed by atoms with E-state index in [4.69, 9.17) is 4.74 Å². The molecule has 0 radical (unpaired) electrons. The summed E-state index contributed by atoms with van der Waals surface area (Å²) in [5.74, 6) is 0. The third-order valence-corrected chi connectivity index (χ3v) is 3.81. The van der Waals surface area contributed by atoms with Gasteiger partial charge < -0.3 is 14.6 Å². The first-order chi connectivity index (χ1) is 9.74. The van der Waals surface area contributed by atoms with E-state index in [9.17, 15) is 0 Å². The molecule has 0 unspecified atom stereocenters. The summed E-state index contributed by atoms with van der Waals surface area (Å²) in [4.78, 5) is 0. The molecule has 1 aromatic carbocycles. The molecule has 20 heavy (non-hydrogen) atoms. The zero-order valence-electron chi connectivity index (χ0n) is 12.4. The number of nitrogens with zero attached hydrogens (tertiary/aromatic N) is 1. The van der Waals surface area contributed by atoms with Crippen molar-refractivity contribution in [3.05, 3.63) is 36.0 Å². The lowest BCUT2D eigenvalue weighted by Crippen LogP contribution is -2.15. The first kappa shape index (κ1) is 13.7. The van der Waals surface area contributed by atoms with Crippen LogP contribution in [0, 0.1) is 0 Å². The van der Waals surface area contributed by atoms with Crippen LogP contribution in [-0.2, 0) is 17.8 Å². The second-order valence-corrected chi connectivity index (χ2v) is 5.94. The molecule has 0 atom stereocenters. The molecule has 3 heteroatoms. The number of hydrogen-bond donors (Lipinski definition) is 1. The summed E-state index contributed by atoms with van der Waals surface area (Å²) >= 11 is 0. The van der Waals surface area contributed by atoms with Crippen LogP contribution in [0.15, 0.2) is 30.5 Å². The Morgan fingerprint density at radius 2 is 2.10 bits per heavy atom. The second-order valence-electron chi connectivity index (χ2n) is 5.94. The zero-order valence-corrected chi connectivity index (χ0v) is 12.4. The van der Waals surface area contributed by atoms with Gasteiger partial charge in [-0.05, 0) is 38.3 Å². The van der Waals surface area contributed by atoms with Crippen LogP contribution in [0.3, 0.4) is 0 Å². The van der Waals surface area contributed by atoms with Crippen molar-refractivity contribution in [2.24, 2.45) is 0 Å². The van der Waals surface area contributed by atoms with Crippen LogP contribution in [0.1, 0.15) is 32.3 Å². The lowest BCUT2D eigenvalue weighted by atomic mass is 10.2. The average molecular weight is 272 g/mol. The van der Waals surface area contributed by atoms with Crippen LogP contribution in [0.5, 0.6) is 0 Å².